The van der Waals surface area contributed by atoms with Crippen molar-refractivity contribution in [3.63, 3.8) is 0 Å². The molecule has 0 fully saturated rings. The average Bonchev–Trinajstić information content (AvgIpc) is 2.13. The van der Waals surface area contributed by atoms with Crippen LogP contribution in [0.15, 0.2) is 42.7 Å². The van der Waals surface area contributed by atoms with Gasteiger partial charge in [-0.1, -0.05) is 30.3 Å². The third kappa shape index (κ3) is 4.87. The highest BCUT2D eigenvalue weighted by molar-refractivity contribution is 6.69. The van der Waals surface area contributed by atoms with Gasteiger partial charge in [0.05, 0.1) is 6.26 Å². The molecule has 0 heterocycles. The molecular formula is C12H18OSi. The molecule has 76 valence electrons. The fourth-order valence-corrected chi connectivity index (χ4v) is 1.55. The first-order chi connectivity index (χ1) is 6.58. The Kier molecular flexibility index (Phi) is 3.95. The molecule has 0 aliphatic heterocycles. The third-order valence-electron chi connectivity index (χ3n) is 1.71. The van der Waals surface area contributed by atoms with Gasteiger partial charge in [-0.15, -0.1) is 0 Å². The van der Waals surface area contributed by atoms with Crippen LogP contribution < -0.4 is 0 Å². The van der Waals surface area contributed by atoms with E-state index in [2.05, 4.69) is 50.0 Å². The molecule has 0 spiro atoms. The largest absolute Gasteiger partial charge is 0.550 e. The van der Waals surface area contributed by atoms with Gasteiger partial charge in [-0.3, -0.25) is 0 Å². The van der Waals surface area contributed by atoms with Gasteiger partial charge in [0, 0.05) is 0 Å². The van der Waals surface area contributed by atoms with E-state index >= 15 is 0 Å². The standard InChI is InChI=1S/C12H18OSi/c1-14(2,3)13-11-7-10-12-8-5-4-6-9-12/h4-9,11H,10H2,1-3H3. The number of rotatable bonds is 4. The average molecular weight is 206 g/mol. The zero-order chi connectivity index (χ0) is 10.4. The fourth-order valence-electron chi connectivity index (χ4n) is 1.05. The molecule has 0 amide bonds. The van der Waals surface area contributed by atoms with Gasteiger partial charge < -0.3 is 4.43 Å². The van der Waals surface area contributed by atoms with E-state index in [-0.39, 0.29) is 0 Å². The van der Waals surface area contributed by atoms with Crippen LogP contribution in [0.1, 0.15) is 5.56 Å². The Morgan fingerprint density at radius 2 is 1.79 bits per heavy atom. The lowest BCUT2D eigenvalue weighted by atomic mass is 10.2. The predicted octanol–water partition coefficient (Wildman–Crippen LogP) is 3.59. The van der Waals surface area contributed by atoms with Gasteiger partial charge in [0.1, 0.15) is 0 Å². The molecule has 1 aromatic carbocycles. The van der Waals surface area contributed by atoms with Crippen LogP contribution in [0.2, 0.25) is 19.6 Å². The number of allylic oxidation sites excluding steroid dienone is 1. The number of benzene rings is 1. The van der Waals surface area contributed by atoms with Gasteiger partial charge in [0.25, 0.3) is 0 Å². The van der Waals surface area contributed by atoms with Gasteiger partial charge in [-0.05, 0) is 37.7 Å². The smallest absolute Gasteiger partial charge is 0.241 e. The first kappa shape index (κ1) is 11.1. The molecule has 0 saturated heterocycles. The van der Waals surface area contributed by atoms with E-state index < -0.39 is 8.32 Å². The summed E-state index contributed by atoms with van der Waals surface area (Å²) in [6.07, 6.45) is 4.87. The summed E-state index contributed by atoms with van der Waals surface area (Å²) in [5.74, 6) is 0. The molecule has 0 bridgehead atoms. The lowest BCUT2D eigenvalue weighted by Gasteiger charge is -2.14. The van der Waals surface area contributed by atoms with Gasteiger partial charge >= 0.3 is 0 Å². The number of hydrogen-bond acceptors (Lipinski definition) is 1. The van der Waals surface area contributed by atoms with E-state index in [1.807, 2.05) is 12.3 Å². The van der Waals surface area contributed by atoms with Crippen LogP contribution in [0.3, 0.4) is 0 Å². The van der Waals surface area contributed by atoms with Gasteiger partial charge in [0.2, 0.25) is 8.32 Å². The first-order valence-corrected chi connectivity index (χ1v) is 8.35. The fraction of sp³-hybridized carbons (Fsp3) is 0.333. The van der Waals surface area contributed by atoms with Gasteiger partial charge in [-0.2, -0.15) is 0 Å². The Morgan fingerprint density at radius 3 is 2.36 bits per heavy atom. The van der Waals surface area contributed by atoms with Crippen LogP contribution in [-0.2, 0) is 10.8 Å². The van der Waals surface area contributed by atoms with Gasteiger partial charge in [0.15, 0.2) is 0 Å². The van der Waals surface area contributed by atoms with Crippen molar-refractivity contribution in [2.45, 2.75) is 26.1 Å². The number of hydrogen-bond donors (Lipinski definition) is 0. The normalized spacial score (nSPS) is 11.9. The molecule has 2 heteroatoms. The maximum Gasteiger partial charge on any atom is 0.241 e. The molecule has 0 radical (unpaired) electrons. The SMILES string of the molecule is C[Si](C)(C)OC=CCc1ccccc1. The Labute approximate surface area is 87.5 Å². The molecule has 0 aliphatic rings. The quantitative estimate of drug-likeness (QED) is 0.540. The van der Waals surface area contributed by atoms with Crippen molar-refractivity contribution < 1.29 is 4.43 Å². The summed E-state index contributed by atoms with van der Waals surface area (Å²) < 4.78 is 5.61. The summed E-state index contributed by atoms with van der Waals surface area (Å²) >= 11 is 0. The highest BCUT2D eigenvalue weighted by Gasteiger charge is 2.12. The summed E-state index contributed by atoms with van der Waals surface area (Å²) in [5, 5.41) is 0. The Bertz CT molecular complexity index is 285. The topological polar surface area (TPSA) is 9.23 Å². The molecule has 0 unspecified atom stereocenters. The summed E-state index contributed by atoms with van der Waals surface area (Å²) in [5.41, 5.74) is 1.32. The summed E-state index contributed by atoms with van der Waals surface area (Å²) in [4.78, 5) is 0. The van der Waals surface area contributed by atoms with Crippen molar-refractivity contribution in [2.75, 3.05) is 0 Å². The summed E-state index contributed by atoms with van der Waals surface area (Å²) in [6, 6.07) is 10.4. The summed E-state index contributed by atoms with van der Waals surface area (Å²) in [7, 11) is -1.38. The molecule has 14 heavy (non-hydrogen) atoms. The lowest BCUT2D eigenvalue weighted by Crippen LogP contribution is -2.21. The van der Waals surface area contributed by atoms with Crippen LogP contribution >= 0.6 is 0 Å². The van der Waals surface area contributed by atoms with E-state index in [0.29, 0.717) is 0 Å². The molecule has 0 atom stereocenters. The minimum absolute atomic E-state index is 0.950. The van der Waals surface area contributed by atoms with Crippen molar-refractivity contribution >= 4 is 8.32 Å². The van der Waals surface area contributed by atoms with Crippen molar-refractivity contribution in [3.8, 4) is 0 Å². The van der Waals surface area contributed by atoms with E-state index in [0.717, 1.165) is 6.42 Å². The predicted molar refractivity (Wildman–Crippen MR) is 63.7 cm³/mol. The molecule has 0 aromatic heterocycles. The van der Waals surface area contributed by atoms with E-state index in [4.69, 9.17) is 4.43 Å². The monoisotopic (exact) mass is 206 g/mol. The summed E-state index contributed by atoms with van der Waals surface area (Å²) in [6.45, 7) is 6.54. The van der Waals surface area contributed by atoms with E-state index in [1.54, 1.807) is 0 Å². The highest BCUT2D eigenvalue weighted by atomic mass is 28.4. The van der Waals surface area contributed by atoms with Crippen molar-refractivity contribution in [3.05, 3.63) is 48.2 Å². The Balaban J connectivity index is 2.35. The third-order valence-corrected chi connectivity index (χ3v) is 2.56. The van der Waals surface area contributed by atoms with Crippen LogP contribution in [0.4, 0.5) is 0 Å². The van der Waals surface area contributed by atoms with Crippen LogP contribution in [0, 0.1) is 0 Å². The Morgan fingerprint density at radius 1 is 1.14 bits per heavy atom. The second kappa shape index (κ2) is 5.01. The molecule has 1 nitrogen and oxygen atoms in total. The maximum atomic E-state index is 5.61. The van der Waals surface area contributed by atoms with Crippen LogP contribution in [0.25, 0.3) is 0 Å². The zero-order valence-corrected chi connectivity index (χ0v) is 10.2. The molecule has 0 aliphatic carbocycles. The van der Waals surface area contributed by atoms with Crippen molar-refractivity contribution in [1.82, 2.24) is 0 Å². The highest BCUT2D eigenvalue weighted by Crippen LogP contribution is 2.04. The first-order valence-electron chi connectivity index (χ1n) is 4.95. The van der Waals surface area contributed by atoms with Gasteiger partial charge in [-0.25, -0.2) is 0 Å². The zero-order valence-electron chi connectivity index (χ0n) is 9.16. The second-order valence-electron chi connectivity index (χ2n) is 4.29. The van der Waals surface area contributed by atoms with Crippen LogP contribution in [-0.4, -0.2) is 8.32 Å². The minimum Gasteiger partial charge on any atom is -0.550 e. The van der Waals surface area contributed by atoms with Crippen molar-refractivity contribution in [1.29, 1.82) is 0 Å². The molecule has 1 rings (SSSR count). The molecule has 0 saturated carbocycles. The molecular weight excluding hydrogens is 188 g/mol. The lowest BCUT2D eigenvalue weighted by molar-refractivity contribution is 0.477. The molecule has 0 N–H and O–H groups in total. The Hall–Kier alpha value is -1.02. The van der Waals surface area contributed by atoms with Crippen LogP contribution in [0.5, 0.6) is 0 Å². The minimum atomic E-state index is -1.38. The second-order valence-corrected chi connectivity index (χ2v) is 8.75. The van der Waals surface area contributed by atoms with E-state index in [1.165, 1.54) is 5.56 Å². The maximum absolute atomic E-state index is 5.61. The van der Waals surface area contributed by atoms with Crippen molar-refractivity contribution in [2.24, 2.45) is 0 Å². The molecule has 1 aromatic rings. The van der Waals surface area contributed by atoms with E-state index in [9.17, 15) is 0 Å².